The molecule has 0 N–H and O–H groups in total. The zero-order valence-electron chi connectivity index (χ0n) is 9.94. The van der Waals surface area contributed by atoms with Crippen LogP contribution in [0.3, 0.4) is 0 Å². The van der Waals surface area contributed by atoms with Gasteiger partial charge in [0.2, 0.25) is 0 Å². The van der Waals surface area contributed by atoms with E-state index in [-0.39, 0.29) is 0 Å². The minimum atomic E-state index is -0.602. The molecule has 0 spiro atoms. The van der Waals surface area contributed by atoms with E-state index in [0.717, 1.165) is 29.9 Å². The Morgan fingerprint density at radius 1 is 1.12 bits per heavy atom. The Kier molecular flexibility index (Phi) is 2.65. The highest BCUT2D eigenvalue weighted by Gasteiger charge is 2.33. The van der Waals surface area contributed by atoms with E-state index in [9.17, 15) is 0 Å². The summed E-state index contributed by atoms with van der Waals surface area (Å²) in [6.07, 6.45) is 5.19. The molecule has 0 saturated carbocycles. The predicted octanol–water partition coefficient (Wildman–Crippen LogP) is 2.70. The molecule has 3 rings (SSSR count). The first-order valence-corrected chi connectivity index (χ1v) is 6.00. The average Bonchev–Trinajstić information content (AvgIpc) is 2.65. The van der Waals surface area contributed by atoms with Gasteiger partial charge in [0.1, 0.15) is 5.75 Å². The van der Waals surface area contributed by atoms with Crippen LogP contribution in [0.1, 0.15) is 24.5 Å². The van der Waals surface area contributed by atoms with Crippen LogP contribution in [0.4, 0.5) is 0 Å². The molecule has 1 aromatic carbocycles. The SMILES string of the molecule is CC1(c2ccc3c(c2)C=CCCO3)OCCO1. The fraction of sp³-hybridized carbons (Fsp3) is 0.429. The zero-order valence-corrected chi connectivity index (χ0v) is 9.94. The summed E-state index contributed by atoms with van der Waals surface area (Å²) >= 11 is 0. The summed E-state index contributed by atoms with van der Waals surface area (Å²) in [5, 5.41) is 0. The molecule has 3 heteroatoms. The first kappa shape index (κ1) is 10.8. The molecule has 2 heterocycles. The van der Waals surface area contributed by atoms with Crippen molar-refractivity contribution in [2.45, 2.75) is 19.1 Å². The Bertz CT molecular complexity index is 445. The van der Waals surface area contributed by atoms with E-state index >= 15 is 0 Å². The van der Waals surface area contributed by atoms with Crippen molar-refractivity contribution in [1.29, 1.82) is 0 Å². The number of fused-ring (bicyclic) bond motifs is 1. The van der Waals surface area contributed by atoms with Gasteiger partial charge in [0.25, 0.3) is 0 Å². The van der Waals surface area contributed by atoms with E-state index in [1.54, 1.807) is 0 Å². The first-order valence-electron chi connectivity index (χ1n) is 6.00. The van der Waals surface area contributed by atoms with Gasteiger partial charge in [-0.2, -0.15) is 0 Å². The maximum absolute atomic E-state index is 5.66. The van der Waals surface area contributed by atoms with Gasteiger partial charge in [-0.05, 0) is 31.5 Å². The fourth-order valence-corrected chi connectivity index (χ4v) is 2.22. The molecule has 0 amide bonds. The van der Waals surface area contributed by atoms with Crippen LogP contribution in [-0.4, -0.2) is 19.8 Å². The summed E-state index contributed by atoms with van der Waals surface area (Å²) in [6.45, 7) is 4.01. The second-order valence-electron chi connectivity index (χ2n) is 4.43. The lowest BCUT2D eigenvalue weighted by Gasteiger charge is -2.23. The summed E-state index contributed by atoms with van der Waals surface area (Å²) in [5.74, 6) is 0.332. The lowest BCUT2D eigenvalue weighted by Crippen LogP contribution is -2.22. The lowest BCUT2D eigenvalue weighted by atomic mass is 10.0. The molecule has 2 aliphatic rings. The quantitative estimate of drug-likeness (QED) is 0.745. The van der Waals surface area contributed by atoms with Gasteiger partial charge in [0, 0.05) is 11.1 Å². The van der Waals surface area contributed by atoms with Gasteiger partial charge in [-0.3, -0.25) is 0 Å². The van der Waals surface area contributed by atoms with Crippen molar-refractivity contribution in [3.05, 3.63) is 35.4 Å². The number of ether oxygens (including phenoxy) is 3. The highest BCUT2D eigenvalue weighted by molar-refractivity contribution is 5.59. The van der Waals surface area contributed by atoms with Crippen molar-refractivity contribution >= 4 is 6.08 Å². The van der Waals surface area contributed by atoms with Crippen molar-refractivity contribution in [2.24, 2.45) is 0 Å². The maximum Gasteiger partial charge on any atom is 0.192 e. The average molecular weight is 232 g/mol. The molecule has 0 atom stereocenters. The number of benzene rings is 1. The zero-order chi connectivity index (χ0) is 11.7. The second kappa shape index (κ2) is 4.17. The van der Waals surface area contributed by atoms with E-state index in [4.69, 9.17) is 14.2 Å². The predicted molar refractivity (Wildman–Crippen MR) is 64.8 cm³/mol. The molecule has 1 saturated heterocycles. The topological polar surface area (TPSA) is 27.7 Å². The Morgan fingerprint density at radius 3 is 2.76 bits per heavy atom. The van der Waals surface area contributed by atoms with Crippen LogP contribution in [0.2, 0.25) is 0 Å². The van der Waals surface area contributed by atoms with Crippen LogP contribution in [0, 0.1) is 0 Å². The normalized spacial score (nSPS) is 21.7. The Morgan fingerprint density at radius 2 is 1.94 bits per heavy atom. The molecule has 0 aromatic heterocycles. The lowest BCUT2D eigenvalue weighted by molar-refractivity contribution is -0.149. The first-order chi connectivity index (χ1) is 8.28. The summed E-state index contributed by atoms with van der Waals surface area (Å²) in [4.78, 5) is 0. The van der Waals surface area contributed by atoms with Gasteiger partial charge in [-0.1, -0.05) is 12.2 Å². The summed E-state index contributed by atoms with van der Waals surface area (Å²) in [5.41, 5.74) is 2.14. The van der Waals surface area contributed by atoms with Crippen LogP contribution in [0.15, 0.2) is 24.3 Å². The van der Waals surface area contributed by atoms with Crippen molar-refractivity contribution in [3.8, 4) is 5.75 Å². The Balaban J connectivity index is 1.99. The van der Waals surface area contributed by atoms with Gasteiger partial charge < -0.3 is 14.2 Å². The number of hydrogen-bond donors (Lipinski definition) is 0. The number of rotatable bonds is 1. The molecule has 3 nitrogen and oxygen atoms in total. The molecular formula is C14H16O3. The molecule has 90 valence electrons. The van der Waals surface area contributed by atoms with Crippen molar-refractivity contribution in [2.75, 3.05) is 19.8 Å². The summed E-state index contributed by atoms with van der Waals surface area (Å²) < 4.78 is 17.0. The van der Waals surface area contributed by atoms with Crippen molar-refractivity contribution in [3.63, 3.8) is 0 Å². The van der Waals surface area contributed by atoms with E-state index < -0.39 is 5.79 Å². The highest BCUT2D eigenvalue weighted by atomic mass is 16.7. The van der Waals surface area contributed by atoms with Crippen molar-refractivity contribution in [1.82, 2.24) is 0 Å². The van der Waals surface area contributed by atoms with E-state index in [1.807, 2.05) is 19.1 Å². The minimum absolute atomic E-state index is 0.602. The van der Waals surface area contributed by atoms with Crippen molar-refractivity contribution < 1.29 is 14.2 Å². The van der Waals surface area contributed by atoms with E-state index in [1.165, 1.54) is 0 Å². The van der Waals surface area contributed by atoms with Gasteiger partial charge in [0.15, 0.2) is 5.79 Å². The monoisotopic (exact) mass is 232 g/mol. The molecular weight excluding hydrogens is 216 g/mol. The third kappa shape index (κ3) is 1.96. The molecule has 0 aliphatic carbocycles. The van der Waals surface area contributed by atoms with Gasteiger partial charge in [-0.15, -0.1) is 0 Å². The molecule has 0 radical (unpaired) electrons. The summed E-state index contributed by atoms with van der Waals surface area (Å²) in [6, 6.07) is 6.10. The smallest absolute Gasteiger partial charge is 0.192 e. The van der Waals surface area contributed by atoms with E-state index in [2.05, 4.69) is 18.2 Å². The molecule has 0 unspecified atom stereocenters. The Labute approximate surface area is 101 Å². The van der Waals surface area contributed by atoms with Crippen LogP contribution in [-0.2, 0) is 15.3 Å². The largest absolute Gasteiger partial charge is 0.493 e. The van der Waals surface area contributed by atoms with Crippen LogP contribution < -0.4 is 4.74 Å². The highest BCUT2D eigenvalue weighted by Crippen LogP contribution is 2.34. The maximum atomic E-state index is 5.66. The minimum Gasteiger partial charge on any atom is -0.493 e. The third-order valence-electron chi connectivity index (χ3n) is 3.21. The third-order valence-corrected chi connectivity index (χ3v) is 3.21. The number of hydrogen-bond acceptors (Lipinski definition) is 3. The van der Waals surface area contributed by atoms with Crippen LogP contribution in [0.25, 0.3) is 6.08 Å². The fourth-order valence-electron chi connectivity index (χ4n) is 2.22. The standard InChI is InChI=1S/C14H16O3/c1-14(16-8-9-17-14)12-5-6-13-11(10-12)4-2-3-7-15-13/h2,4-6,10H,3,7-9H2,1H3. The van der Waals surface area contributed by atoms with Gasteiger partial charge in [0.05, 0.1) is 19.8 Å². The van der Waals surface area contributed by atoms with Crippen LogP contribution >= 0.6 is 0 Å². The molecule has 1 fully saturated rings. The van der Waals surface area contributed by atoms with Gasteiger partial charge >= 0.3 is 0 Å². The molecule has 17 heavy (non-hydrogen) atoms. The van der Waals surface area contributed by atoms with Gasteiger partial charge in [-0.25, -0.2) is 0 Å². The second-order valence-corrected chi connectivity index (χ2v) is 4.43. The molecule has 2 aliphatic heterocycles. The summed E-state index contributed by atoms with van der Waals surface area (Å²) in [7, 11) is 0. The Hall–Kier alpha value is -1.32. The van der Waals surface area contributed by atoms with E-state index in [0.29, 0.717) is 13.2 Å². The molecule has 1 aromatic rings. The van der Waals surface area contributed by atoms with Crippen LogP contribution in [0.5, 0.6) is 5.75 Å². The molecule has 0 bridgehead atoms.